The van der Waals surface area contributed by atoms with E-state index in [9.17, 15) is 18.8 Å². The standard InChI is InChI=1S/C39H39BrFN3O5S/c40-28-16-17-32-35(20-28)50-38(42-32)48-31-21-33-34(45)23-39(37(47)43-49-30-14-7-4-8-15-30)22-27(39)12-6-3-1-2-5-11-26(36(46)44(33)24-31)18-25-10-9-13-29(41)19-25/h4,6-10,12-17,19-20,26-27,31,33H,1-3,5,11,18,21-24H2,(H,43,47)/b12-6-/t26-,27-,31-,33+,39-/m1/s1. The average Bonchev–Trinajstić information content (AvgIpc) is 3.40. The highest BCUT2D eigenvalue weighted by atomic mass is 79.9. The molecular weight excluding hydrogens is 721 g/mol. The first-order valence-electron chi connectivity index (χ1n) is 17.3. The fraction of sp³-hybridized carbons (Fsp3) is 0.385. The number of ketones is 1. The van der Waals surface area contributed by atoms with E-state index in [-0.39, 0.29) is 48.7 Å². The van der Waals surface area contributed by atoms with Crippen molar-refractivity contribution in [2.45, 2.75) is 69.9 Å². The Morgan fingerprint density at radius 3 is 2.76 bits per heavy atom. The van der Waals surface area contributed by atoms with E-state index in [1.54, 1.807) is 23.1 Å². The molecule has 1 saturated heterocycles. The zero-order chi connectivity index (χ0) is 34.7. The number of carbonyl (C=O) groups is 3. The van der Waals surface area contributed by atoms with Crippen molar-refractivity contribution in [3.8, 4) is 10.9 Å². The Bertz CT molecular complexity index is 1900. The van der Waals surface area contributed by atoms with E-state index in [1.165, 1.54) is 23.5 Å². The largest absolute Gasteiger partial charge is 0.465 e. The summed E-state index contributed by atoms with van der Waals surface area (Å²) in [4.78, 5) is 54.7. The van der Waals surface area contributed by atoms with Gasteiger partial charge in [-0.3, -0.25) is 14.4 Å². The van der Waals surface area contributed by atoms with Gasteiger partial charge in [0.1, 0.15) is 11.9 Å². The van der Waals surface area contributed by atoms with E-state index in [0.29, 0.717) is 30.2 Å². The van der Waals surface area contributed by atoms with Crippen molar-refractivity contribution in [1.82, 2.24) is 15.4 Å². The number of aromatic nitrogens is 1. The number of carbonyl (C=O) groups excluding carboxylic acids is 3. The second-order valence-electron chi connectivity index (χ2n) is 13.6. The van der Waals surface area contributed by atoms with Crippen LogP contribution in [0.15, 0.2) is 89.4 Å². The Morgan fingerprint density at radius 1 is 1.06 bits per heavy atom. The summed E-state index contributed by atoms with van der Waals surface area (Å²) in [5.74, 6) is -1.06. The molecule has 2 fully saturated rings. The topological polar surface area (TPSA) is 97.8 Å². The summed E-state index contributed by atoms with van der Waals surface area (Å²) in [6.45, 7) is 0.216. The Morgan fingerprint density at radius 2 is 1.92 bits per heavy atom. The number of rotatable bonds is 7. The molecule has 5 atom stereocenters. The minimum absolute atomic E-state index is 0.0309. The number of nitrogens with one attached hydrogen (secondary N) is 1. The number of hydrogen-bond donors (Lipinski definition) is 1. The molecule has 3 heterocycles. The lowest BCUT2D eigenvalue weighted by molar-refractivity contribution is -0.143. The van der Waals surface area contributed by atoms with Gasteiger partial charge in [0.15, 0.2) is 11.5 Å². The molecule has 50 heavy (non-hydrogen) atoms. The summed E-state index contributed by atoms with van der Waals surface area (Å²) >= 11 is 4.93. The normalized spacial score (nSPS) is 26.3. The molecule has 7 rings (SSSR count). The molecule has 2 amide bonds. The molecule has 3 aromatic carbocycles. The Hall–Kier alpha value is -4.09. The fourth-order valence-corrected chi connectivity index (χ4v) is 8.78. The van der Waals surface area contributed by atoms with Gasteiger partial charge in [-0.05, 0) is 86.1 Å². The van der Waals surface area contributed by atoms with Gasteiger partial charge in [-0.2, -0.15) is 5.48 Å². The quantitative estimate of drug-likeness (QED) is 0.152. The number of thiazole rings is 1. The average molecular weight is 761 g/mol. The van der Waals surface area contributed by atoms with Gasteiger partial charge in [0, 0.05) is 23.2 Å². The van der Waals surface area contributed by atoms with Crippen molar-refractivity contribution >= 4 is 55.1 Å². The molecule has 0 radical (unpaired) electrons. The number of halogens is 2. The summed E-state index contributed by atoms with van der Waals surface area (Å²) in [5.41, 5.74) is 3.19. The van der Waals surface area contributed by atoms with E-state index >= 15 is 0 Å². The highest BCUT2D eigenvalue weighted by molar-refractivity contribution is 9.10. The summed E-state index contributed by atoms with van der Waals surface area (Å²) < 4.78 is 22.5. The van der Waals surface area contributed by atoms with Crippen LogP contribution in [0.1, 0.15) is 56.9 Å². The lowest BCUT2D eigenvalue weighted by Crippen LogP contribution is -2.46. The number of para-hydroxylation sites is 1. The lowest BCUT2D eigenvalue weighted by Gasteiger charge is -2.29. The Balaban J connectivity index is 1.16. The highest BCUT2D eigenvalue weighted by Gasteiger charge is 2.61. The fourth-order valence-electron chi connectivity index (χ4n) is 7.34. The third-order valence-corrected chi connectivity index (χ3v) is 11.5. The number of fused-ring (bicyclic) bond motifs is 3. The van der Waals surface area contributed by atoms with Crippen molar-refractivity contribution < 1.29 is 28.3 Å². The van der Waals surface area contributed by atoms with Crippen LogP contribution in [0.5, 0.6) is 10.9 Å². The number of benzene rings is 3. The number of hydrogen-bond acceptors (Lipinski definition) is 7. The molecule has 1 aliphatic carbocycles. The van der Waals surface area contributed by atoms with Gasteiger partial charge in [-0.15, -0.1) is 0 Å². The summed E-state index contributed by atoms with van der Waals surface area (Å²) in [5, 5.41) is 0.475. The molecule has 0 bridgehead atoms. The van der Waals surface area contributed by atoms with Crippen molar-refractivity contribution in [3.05, 3.63) is 101 Å². The summed E-state index contributed by atoms with van der Waals surface area (Å²) in [6, 6.07) is 20.4. The molecule has 260 valence electrons. The van der Waals surface area contributed by atoms with Gasteiger partial charge in [-0.25, -0.2) is 9.37 Å². The minimum atomic E-state index is -0.975. The van der Waals surface area contributed by atoms with E-state index < -0.39 is 23.5 Å². The first-order valence-corrected chi connectivity index (χ1v) is 18.9. The number of nitrogens with zero attached hydrogens (tertiary/aromatic N) is 2. The van der Waals surface area contributed by atoms with Crippen LogP contribution in [0.3, 0.4) is 0 Å². The Kier molecular flexibility index (Phi) is 10.3. The van der Waals surface area contributed by atoms with Gasteiger partial charge in [0.2, 0.25) is 5.91 Å². The van der Waals surface area contributed by atoms with Crippen LogP contribution in [0, 0.1) is 23.1 Å². The first-order chi connectivity index (χ1) is 24.3. The molecule has 1 saturated carbocycles. The number of allylic oxidation sites excluding steroid dienone is 2. The zero-order valence-corrected chi connectivity index (χ0v) is 30.0. The van der Waals surface area contributed by atoms with Gasteiger partial charge in [0.05, 0.1) is 28.2 Å². The van der Waals surface area contributed by atoms with Crippen molar-refractivity contribution in [2.24, 2.45) is 17.3 Å². The summed E-state index contributed by atoms with van der Waals surface area (Å²) in [6.07, 6.45) is 9.04. The molecule has 1 N–H and O–H groups in total. The predicted molar refractivity (Wildman–Crippen MR) is 193 cm³/mol. The molecule has 4 aromatic rings. The van der Waals surface area contributed by atoms with Crippen LogP contribution in [-0.4, -0.2) is 46.2 Å². The maximum Gasteiger partial charge on any atom is 0.274 e. The van der Waals surface area contributed by atoms with Gasteiger partial charge in [-0.1, -0.05) is 82.6 Å². The number of hydroxylamine groups is 1. The van der Waals surface area contributed by atoms with Gasteiger partial charge in [0.25, 0.3) is 11.1 Å². The van der Waals surface area contributed by atoms with Crippen LogP contribution in [0.25, 0.3) is 10.2 Å². The maximum atomic E-state index is 14.5. The molecule has 1 aromatic heterocycles. The van der Waals surface area contributed by atoms with E-state index in [4.69, 9.17) is 9.57 Å². The monoisotopic (exact) mass is 759 g/mol. The summed E-state index contributed by atoms with van der Waals surface area (Å²) in [7, 11) is 0. The van der Waals surface area contributed by atoms with Crippen LogP contribution in [-0.2, 0) is 20.8 Å². The van der Waals surface area contributed by atoms with Crippen LogP contribution >= 0.6 is 27.3 Å². The molecule has 11 heteroatoms. The highest BCUT2D eigenvalue weighted by Crippen LogP contribution is 2.57. The molecule has 2 aliphatic heterocycles. The van der Waals surface area contributed by atoms with Crippen molar-refractivity contribution in [3.63, 3.8) is 0 Å². The van der Waals surface area contributed by atoms with Crippen LogP contribution in [0.2, 0.25) is 0 Å². The maximum absolute atomic E-state index is 14.5. The van der Waals surface area contributed by atoms with E-state index in [0.717, 1.165) is 45.9 Å². The predicted octanol–water partition coefficient (Wildman–Crippen LogP) is 8.00. The third kappa shape index (κ3) is 7.78. The molecular formula is C39H39BrFN3O5S. The number of amides is 2. The SMILES string of the molecule is O=C1C[C@]2(C(=O)NOc3ccccc3)C[C@H]2/C=C\CCCCC[C@H](Cc2cccc(F)c2)C(=O)N2C[C@H](Oc3nc4ccc(Br)cc4s3)C[C@@H]12. The van der Waals surface area contributed by atoms with Gasteiger partial charge < -0.3 is 14.5 Å². The van der Waals surface area contributed by atoms with Gasteiger partial charge >= 0.3 is 0 Å². The number of Topliss-reactive ketones (excluding diaryl/α,β-unsaturated/α-hetero) is 1. The van der Waals surface area contributed by atoms with Crippen LogP contribution in [0.4, 0.5) is 4.39 Å². The van der Waals surface area contributed by atoms with E-state index in [1.807, 2.05) is 42.5 Å². The second-order valence-corrected chi connectivity index (χ2v) is 15.5. The second kappa shape index (κ2) is 15.0. The molecule has 8 nitrogen and oxygen atoms in total. The molecule has 3 aliphatic rings. The van der Waals surface area contributed by atoms with E-state index in [2.05, 4.69) is 38.5 Å². The van der Waals surface area contributed by atoms with Crippen molar-refractivity contribution in [2.75, 3.05) is 6.54 Å². The smallest absolute Gasteiger partial charge is 0.274 e. The molecule has 0 spiro atoms. The zero-order valence-electron chi connectivity index (χ0n) is 27.6. The van der Waals surface area contributed by atoms with Crippen LogP contribution < -0.4 is 15.1 Å². The van der Waals surface area contributed by atoms with Crippen molar-refractivity contribution in [1.29, 1.82) is 0 Å². The molecule has 0 unspecified atom stereocenters. The third-order valence-electron chi connectivity index (χ3n) is 10.1. The number of ether oxygens (including phenoxy) is 1. The minimum Gasteiger partial charge on any atom is -0.465 e. The first kappa shape index (κ1) is 34.4. The Labute approximate surface area is 303 Å². The lowest BCUT2D eigenvalue weighted by atomic mass is 9.90.